The van der Waals surface area contributed by atoms with Crippen molar-refractivity contribution in [3.05, 3.63) is 59.5 Å². The first-order chi connectivity index (χ1) is 13.1. The smallest absolute Gasteiger partial charge is 0.355 e. The van der Waals surface area contributed by atoms with Gasteiger partial charge in [0.05, 0.1) is 31.9 Å². The number of rotatable bonds is 3. The Bertz CT molecular complexity index is 884. The van der Waals surface area contributed by atoms with Gasteiger partial charge in [-0.1, -0.05) is 6.08 Å². The Morgan fingerprint density at radius 3 is 2.67 bits per heavy atom. The van der Waals surface area contributed by atoms with E-state index in [4.69, 9.17) is 14.2 Å². The van der Waals surface area contributed by atoms with Crippen molar-refractivity contribution in [3.63, 3.8) is 0 Å². The van der Waals surface area contributed by atoms with E-state index < -0.39 is 11.9 Å². The van der Waals surface area contributed by atoms with E-state index in [0.29, 0.717) is 30.2 Å². The molecule has 8 nitrogen and oxygen atoms in total. The third-order valence-corrected chi connectivity index (χ3v) is 4.02. The Kier molecular flexibility index (Phi) is 5.25. The van der Waals surface area contributed by atoms with Gasteiger partial charge in [0, 0.05) is 11.9 Å². The number of nitrogens with zero attached hydrogens (tertiary/aromatic N) is 1. The minimum absolute atomic E-state index is 0.0238. The Hall–Kier alpha value is -3.55. The van der Waals surface area contributed by atoms with Crippen LogP contribution in [0.3, 0.4) is 0 Å². The number of carbonyl (C=O) groups is 3. The average molecular weight is 370 g/mol. The maximum absolute atomic E-state index is 12.4. The van der Waals surface area contributed by atoms with E-state index in [1.807, 2.05) is 0 Å². The van der Waals surface area contributed by atoms with Crippen LogP contribution in [0, 0.1) is 0 Å². The van der Waals surface area contributed by atoms with E-state index in [0.717, 1.165) is 0 Å². The maximum atomic E-state index is 12.4. The summed E-state index contributed by atoms with van der Waals surface area (Å²) < 4.78 is 15.2. The number of nitrogens with one attached hydrogen (secondary N) is 1. The molecule has 1 N–H and O–H groups in total. The van der Waals surface area contributed by atoms with Crippen LogP contribution in [0.5, 0.6) is 5.75 Å². The molecule has 0 radical (unpaired) electrons. The number of methoxy groups -OCH3 is 2. The molecule has 1 amide bonds. The van der Waals surface area contributed by atoms with Crippen LogP contribution in [0.4, 0.5) is 5.69 Å². The fraction of sp³-hybridized carbons (Fsp3) is 0.211. The topological polar surface area (TPSA) is 94.2 Å². The van der Waals surface area contributed by atoms with Crippen LogP contribution in [0.15, 0.2) is 53.9 Å². The molecule has 2 aliphatic rings. The predicted octanol–water partition coefficient (Wildman–Crippen LogP) is 1.30. The number of fused-ring (bicyclic) bond motifs is 1. The van der Waals surface area contributed by atoms with Crippen molar-refractivity contribution < 1.29 is 28.6 Å². The number of allylic oxidation sites excluding steroid dienone is 2. The van der Waals surface area contributed by atoms with Crippen LogP contribution >= 0.6 is 0 Å². The van der Waals surface area contributed by atoms with Gasteiger partial charge in [-0.2, -0.15) is 0 Å². The summed E-state index contributed by atoms with van der Waals surface area (Å²) in [4.78, 5) is 38.4. The molecule has 0 fully saturated rings. The quantitative estimate of drug-likeness (QED) is 0.802. The second kappa shape index (κ2) is 7.77. The molecule has 0 saturated carbocycles. The SMILES string of the molecule is COC(=O)C1=C(C(=O)OC)N(c2ccc3c(c2)C(=O)NCCO3)C=CC=C1. The van der Waals surface area contributed by atoms with Gasteiger partial charge in [-0.3, -0.25) is 4.79 Å². The summed E-state index contributed by atoms with van der Waals surface area (Å²) >= 11 is 0. The molecular formula is C19H18N2O6. The molecule has 1 aromatic carbocycles. The van der Waals surface area contributed by atoms with Gasteiger partial charge in [0.1, 0.15) is 18.1 Å². The van der Waals surface area contributed by atoms with Crippen molar-refractivity contribution in [2.45, 2.75) is 0 Å². The largest absolute Gasteiger partial charge is 0.491 e. The highest BCUT2D eigenvalue weighted by Gasteiger charge is 2.28. The number of carbonyl (C=O) groups excluding carboxylic acids is 3. The van der Waals surface area contributed by atoms with E-state index in [1.165, 1.54) is 25.2 Å². The fourth-order valence-electron chi connectivity index (χ4n) is 2.76. The second-order valence-electron chi connectivity index (χ2n) is 5.60. The number of hydrogen-bond donors (Lipinski definition) is 1. The van der Waals surface area contributed by atoms with Crippen LogP contribution in [-0.4, -0.2) is 45.2 Å². The molecule has 0 atom stereocenters. The number of amides is 1. The molecule has 0 aromatic heterocycles. The van der Waals surface area contributed by atoms with Crippen molar-refractivity contribution in [2.24, 2.45) is 0 Å². The van der Waals surface area contributed by atoms with Gasteiger partial charge in [-0.15, -0.1) is 0 Å². The number of ether oxygens (including phenoxy) is 3. The van der Waals surface area contributed by atoms with Gasteiger partial charge < -0.3 is 24.4 Å². The summed E-state index contributed by atoms with van der Waals surface area (Å²) in [5.74, 6) is -1.24. The van der Waals surface area contributed by atoms with Crippen molar-refractivity contribution in [3.8, 4) is 5.75 Å². The average Bonchev–Trinajstić information content (AvgIpc) is 3.02. The van der Waals surface area contributed by atoms with E-state index in [-0.39, 0.29) is 17.2 Å². The molecule has 3 rings (SSSR count). The lowest BCUT2D eigenvalue weighted by atomic mass is 10.1. The summed E-state index contributed by atoms with van der Waals surface area (Å²) in [6.07, 6.45) is 6.32. The molecule has 0 aliphatic carbocycles. The molecule has 0 unspecified atom stereocenters. The molecule has 2 heterocycles. The van der Waals surface area contributed by atoms with Gasteiger partial charge in [-0.25, -0.2) is 9.59 Å². The van der Waals surface area contributed by atoms with Crippen LogP contribution in [0.2, 0.25) is 0 Å². The number of anilines is 1. The number of benzene rings is 1. The van der Waals surface area contributed by atoms with Gasteiger partial charge in [0.15, 0.2) is 0 Å². The molecule has 2 aliphatic heterocycles. The standard InChI is InChI=1S/C19H18N2O6/c1-25-18(23)13-5-3-4-9-21(16(13)19(24)26-2)12-6-7-15-14(11-12)17(22)20-8-10-27-15/h3-7,9,11H,8,10H2,1-2H3,(H,20,22). The second-order valence-corrected chi connectivity index (χ2v) is 5.60. The van der Waals surface area contributed by atoms with Gasteiger partial charge in [0.2, 0.25) is 0 Å². The molecule has 140 valence electrons. The molecule has 0 bridgehead atoms. The monoisotopic (exact) mass is 370 g/mol. The van der Waals surface area contributed by atoms with Crippen LogP contribution in [0.25, 0.3) is 0 Å². The lowest BCUT2D eigenvalue weighted by molar-refractivity contribution is -0.139. The maximum Gasteiger partial charge on any atom is 0.355 e. The number of hydrogen-bond acceptors (Lipinski definition) is 7. The molecule has 8 heteroatoms. The highest BCUT2D eigenvalue weighted by Crippen LogP contribution is 2.31. The Morgan fingerprint density at radius 1 is 1.15 bits per heavy atom. The molecule has 0 saturated heterocycles. The first-order valence-electron chi connectivity index (χ1n) is 8.17. The first-order valence-corrected chi connectivity index (χ1v) is 8.17. The zero-order valence-corrected chi connectivity index (χ0v) is 14.9. The normalized spacial score (nSPS) is 15.9. The van der Waals surface area contributed by atoms with Gasteiger partial charge >= 0.3 is 11.9 Å². The van der Waals surface area contributed by atoms with E-state index in [2.05, 4.69) is 5.32 Å². The lowest BCUT2D eigenvalue weighted by Gasteiger charge is -2.23. The summed E-state index contributed by atoms with van der Waals surface area (Å²) in [6, 6.07) is 4.92. The first kappa shape index (κ1) is 18.2. The fourth-order valence-corrected chi connectivity index (χ4v) is 2.76. The Morgan fingerprint density at radius 2 is 1.93 bits per heavy atom. The minimum atomic E-state index is -0.720. The summed E-state index contributed by atoms with van der Waals surface area (Å²) in [5.41, 5.74) is 0.824. The van der Waals surface area contributed by atoms with Crippen molar-refractivity contribution in [1.82, 2.24) is 5.32 Å². The van der Waals surface area contributed by atoms with Crippen molar-refractivity contribution in [2.75, 3.05) is 32.3 Å². The van der Waals surface area contributed by atoms with E-state index >= 15 is 0 Å². The van der Waals surface area contributed by atoms with Crippen molar-refractivity contribution >= 4 is 23.5 Å². The van der Waals surface area contributed by atoms with E-state index in [9.17, 15) is 14.4 Å². The van der Waals surface area contributed by atoms with E-state index in [1.54, 1.807) is 36.6 Å². The Balaban J connectivity index is 2.15. The van der Waals surface area contributed by atoms with Crippen LogP contribution < -0.4 is 15.0 Å². The van der Waals surface area contributed by atoms with Gasteiger partial charge in [-0.05, 0) is 30.4 Å². The molecule has 0 spiro atoms. The van der Waals surface area contributed by atoms with Crippen LogP contribution in [-0.2, 0) is 19.1 Å². The molecular weight excluding hydrogens is 352 g/mol. The lowest BCUT2D eigenvalue weighted by Crippen LogP contribution is -2.27. The van der Waals surface area contributed by atoms with Crippen molar-refractivity contribution in [1.29, 1.82) is 0 Å². The van der Waals surface area contributed by atoms with Crippen LogP contribution in [0.1, 0.15) is 10.4 Å². The highest BCUT2D eigenvalue weighted by molar-refractivity contribution is 6.06. The third-order valence-electron chi connectivity index (χ3n) is 4.02. The summed E-state index contributed by atoms with van der Waals surface area (Å²) in [7, 11) is 2.45. The highest BCUT2D eigenvalue weighted by atomic mass is 16.5. The third kappa shape index (κ3) is 3.55. The predicted molar refractivity (Wildman–Crippen MR) is 96.1 cm³/mol. The molecule has 27 heavy (non-hydrogen) atoms. The summed E-state index contributed by atoms with van der Waals surface area (Å²) in [6.45, 7) is 0.765. The summed E-state index contributed by atoms with van der Waals surface area (Å²) in [5, 5.41) is 2.73. The molecule has 1 aromatic rings. The van der Waals surface area contributed by atoms with Gasteiger partial charge in [0.25, 0.3) is 5.91 Å². The zero-order valence-electron chi connectivity index (χ0n) is 14.9. The number of esters is 2. The zero-order chi connectivity index (χ0) is 19.4. The minimum Gasteiger partial charge on any atom is -0.491 e. The Labute approximate surface area is 155 Å².